The van der Waals surface area contributed by atoms with Gasteiger partial charge >= 0.3 is 5.97 Å². The molecule has 0 bridgehead atoms. The van der Waals surface area contributed by atoms with Crippen LogP contribution in [-0.2, 0) is 14.4 Å². The van der Waals surface area contributed by atoms with E-state index in [1.54, 1.807) is 12.2 Å². The van der Waals surface area contributed by atoms with Gasteiger partial charge in [0.2, 0.25) is 0 Å². The molecule has 1 atom stereocenters. The Hall–Kier alpha value is -0.520. The van der Waals surface area contributed by atoms with Crippen LogP contribution < -0.4 is 0 Å². The first kappa shape index (κ1) is 11.6. The van der Waals surface area contributed by atoms with Crippen molar-refractivity contribution in [3.63, 3.8) is 0 Å². The molecule has 0 aromatic rings. The molecule has 1 aliphatic rings. The molecule has 0 N–H and O–H groups in total. The zero-order valence-corrected chi connectivity index (χ0v) is 10.0. The third kappa shape index (κ3) is 2.10. The SMILES string of the molecule is COC(=O)C1C(Br)=CC=C(Cl)N1OC. The molecular formula is C8H9BrClNO3. The van der Waals surface area contributed by atoms with E-state index in [2.05, 4.69) is 20.7 Å². The molecular weight excluding hydrogens is 273 g/mol. The highest BCUT2D eigenvalue weighted by molar-refractivity contribution is 9.11. The smallest absolute Gasteiger partial charge is 0.336 e. The summed E-state index contributed by atoms with van der Waals surface area (Å²) in [5, 5.41) is 1.59. The summed E-state index contributed by atoms with van der Waals surface area (Å²) in [7, 11) is 2.74. The van der Waals surface area contributed by atoms with Crippen LogP contribution in [-0.4, -0.2) is 31.3 Å². The molecule has 78 valence electrons. The van der Waals surface area contributed by atoms with Gasteiger partial charge in [-0.05, 0) is 12.2 Å². The van der Waals surface area contributed by atoms with E-state index in [4.69, 9.17) is 16.4 Å². The van der Waals surface area contributed by atoms with Crippen molar-refractivity contribution in [3.8, 4) is 0 Å². The number of methoxy groups -OCH3 is 1. The lowest BCUT2D eigenvalue weighted by molar-refractivity contribution is -0.165. The standard InChI is InChI=1S/C8H9BrClNO3/c1-13-8(12)7-5(9)3-4-6(10)11(7)14-2/h3-4,7H,1-2H3. The highest BCUT2D eigenvalue weighted by Crippen LogP contribution is 2.28. The van der Waals surface area contributed by atoms with Gasteiger partial charge in [-0.25, -0.2) is 9.86 Å². The fourth-order valence-corrected chi connectivity index (χ4v) is 1.80. The molecule has 1 unspecified atom stereocenters. The summed E-state index contributed by atoms with van der Waals surface area (Å²) in [6.07, 6.45) is 3.30. The molecule has 0 aromatic heterocycles. The van der Waals surface area contributed by atoms with Crippen LogP contribution in [0.5, 0.6) is 0 Å². The van der Waals surface area contributed by atoms with Gasteiger partial charge in [0.05, 0.1) is 14.2 Å². The number of allylic oxidation sites excluding steroid dienone is 2. The lowest BCUT2D eigenvalue weighted by atomic mass is 10.2. The Kier molecular flexibility index (Phi) is 3.97. The summed E-state index contributed by atoms with van der Waals surface area (Å²) in [5.41, 5.74) is 0. The van der Waals surface area contributed by atoms with Gasteiger partial charge in [0, 0.05) is 4.48 Å². The minimum Gasteiger partial charge on any atom is -0.467 e. The highest BCUT2D eigenvalue weighted by atomic mass is 79.9. The number of esters is 1. The van der Waals surface area contributed by atoms with Crippen molar-refractivity contribution in [3.05, 3.63) is 21.8 Å². The molecule has 0 amide bonds. The van der Waals surface area contributed by atoms with Crippen LogP contribution >= 0.6 is 27.5 Å². The molecule has 1 heterocycles. The van der Waals surface area contributed by atoms with Gasteiger partial charge in [0.1, 0.15) is 5.16 Å². The largest absolute Gasteiger partial charge is 0.467 e. The van der Waals surface area contributed by atoms with E-state index in [0.717, 1.165) is 0 Å². The third-order valence-corrected chi connectivity index (χ3v) is 2.70. The third-order valence-electron chi connectivity index (χ3n) is 1.71. The molecule has 0 saturated heterocycles. The lowest BCUT2D eigenvalue weighted by Crippen LogP contribution is -2.41. The summed E-state index contributed by atoms with van der Waals surface area (Å²) >= 11 is 9.07. The quantitative estimate of drug-likeness (QED) is 0.571. The molecule has 1 aliphatic heterocycles. The molecule has 0 radical (unpaired) electrons. The van der Waals surface area contributed by atoms with Crippen molar-refractivity contribution in [1.29, 1.82) is 0 Å². The summed E-state index contributed by atoms with van der Waals surface area (Å²) in [6.45, 7) is 0. The lowest BCUT2D eigenvalue weighted by Gasteiger charge is -2.30. The van der Waals surface area contributed by atoms with Crippen molar-refractivity contribution in [1.82, 2.24) is 5.06 Å². The topological polar surface area (TPSA) is 38.8 Å². The minimum absolute atomic E-state index is 0.325. The number of ether oxygens (including phenoxy) is 1. The van der Waals surface area contributed by atoms with Gasteiger partial charge in [-0.15, -0.1) is 0 Å². The van der Waals surface area contributed by atoms with Gasteiger partial charge in [-0.3, -0.25) is 4.84 Å². The normalized spacial score (nSPS) is 21.4. The van der Waals surface area contributed by atoms with Crippen LogP contribution in [0.4, 0.5) is 0 Å². The number of halogens is 2. The van der Waals surface area contributed by atoms with Crippen molar-refractivity contribution < 1.29 is 14.4 Å². The minimum atomic E-state index is -0.678. The fourth-order valence-electron chi connectivity index (χ4n) is 1.06. The second kappa shape index (κ2) is 4.82. The second-order valence-corrected chi connectivity index (χ2v) is 3.78. The number of hydrogen-bond donors (Lipinski definition) is 0. The average Bonchev–Trinajstić information content (AvgIpc) is 2.19. The number of rotatable bonds is 2. The Morgan fingerprint density at radius 1 is 1.57 bits per heavy atom. The summed E-state index contributed by atoms with van der Waals surface area (Å²) in [6, 6.07) is -0.678. The monoisotopic (exact) mass is 281 g/mol. The van der Waals surface area contributed by atoms with Crippen LogP contribution in [0, 0.1) is 0 Å². The van der Waals surface area contributed by atoms with E-state index in [0.29, 0.717) is 9.64 Å². The zero-order valence-electron chi connectivity index (χ0n) is 7.66. The number of hydrogen-bond acceptors (Lipinski definition) is 4. The number of carbonyl (C=O) groups is 1. The van der Waals surface area contributed by atoms with E-state index in [1.807, 2.05) is 0 Å². The predicted molar refractivity (Wildman–Crippen MR) is 55.6 cm³/mol. The Bertz CT molecular complexity index is 303. The summed E-state index contributed by atoms with van der Waals surface area (Å²) in [5.74, 6) is -0.443. The summed E-state index contributed by atoms with van der Waals surface area (Å²) in [4.78, 5) is 16.4. The Balaban J connectivity index is 2.97. The molecule has 0 saturated carbocycles. The second-order valence-electron chi connectivity index (χ2n) is 2.48. The van der Waals surface area contributed by atoms with Crippen LogP contribution in [0.15, 0.2) is 21.8 Å². The van der Waals surface area contributed by atoms with Crippen LogP contribution in [0.3, 0.4) is 0 Å². The Labute approximate surface area is 95.2 Å². The van der Waals surface area contributed by atoms with Gasteiger partial charge in [0.15, 0.2) is 6.04 Å². The van der Waals surface area contributed by atoms with Crippen LogP contribution in [0.2, 0.25) is 0 Å². The molecule has 6 heteroatoms. The van der Waals surface area contributed by atoms with Gasteiger partial charge in [-0.2, -0.15) is 0 Å². The predicted octanol–water partition coefficient (Wildman–Crippen LogP) is 1.76. The summed E-state index contributed by atoms with van der Waals surface area (Å²) < 4.78 is 5.26. The van der Waals surface area contributed by atoms with Gasteiger partial charge in [0.25, 0.3) is 0 Å². The molecule has 0 aliphatic carbocycles. The van der Waals surface area contributed by atoms with Crippen molar-refractivity contribution >= 4 is 33.5 Å². The number of nitrogens with zero attached hydrogens (tertiary/aromatic N) is 1. The van der Waals surface area contributed by atoms with Gasteiger partial charge < -0.3 is 4.74 Å². The molecule has 0 aromatic carbocycles. The Morgan fingerprint density at radius 2 is 2.21 bits per heavy atom. The first-order chi connectivity index (χ1) is 6.61. The molecule has 0 fully saturated rings. The van der Waals surface area contributed by atoms with E-state index in [1.165, 1.54) is 19.3 Å². The molecule has 4 nitrogen and oxygen atoms in total. The molecule has 14 heavy (non-hydrogen) atoms. The number of hydroxylamine groups is 2. The first-order valence-electron chi connectivity index (χ1n) is 3.76. The zero-order chi connectivity index (χ0) is 10.7. The van der Waals surface area contributed by atoms with Crippen LogP contribution in [0.25, 0.3) is 0 Å². The first-order valence-corrected chi connectivity index (χ1v) is 4.93. The maximum atomic E-state index is 11.4. The molecule has 0 spiro atoms. The van der Waals surface area contributed by atoms with Crippen molar-refractivity contribution in [2.45, 2.75) is 6.04 Å². The van der Waals surface area contributed by atoms with Crippen molar-refractivity contribution in [2.75, 3.05) is 14.2 Å². The van der Waals surface area contributed by atoms with Gasteiger partial charge in [-0.1, -0.05) is 27.5 Å². The average molecular weight is 283 g/mol. The van der Waals surface area contributed by atoms with E-state index < -0.39 is 12.0 Å². The maximum Gasteiger partial charge on any atom is 0.336 e. The Morgan fingerprint density at radius 3 is 2.71 bits per heavy atom. The van der Waals surface area contributed by atoms with Crippen LogP contribution in [0.1, 0.15) is 0 Å². The van der Waals surface area contributed by atoms with Crippen molar-refractivity contribution in [2.24, 2.45) is 0 Å². The number of carbonyl (C=O) groups excluding carboxylic acids is 1. The molecule has 1 rings (SSSR count). The van der Waals surface area contributed by atoms with E-state index in [9.17, 15) is 4.79 Å². The maximum absolute atomic E-state index is 11.4. The fraction of sp³-hybridized carbons (Fsp3) is 0.375. The van der Waals surface area contributed by atoms with E-state index >= 15 is 0 Å². The van der Waals surface area contributed by atoms with E-state index in [-0.39, 0.29) is 0 Å². The highest BCUT2D eigenvalue weighted by Gasteiger charge is 2.33.